The van der Waals surface area contributed by atoms with Crippen LogP contribution in [0.15, 0.2) is 22.6 Å². The number of nitrogens with zero attached hydrogens (tertiary/aromatic N) is 1. The molecule has 5 heteroatoms. The lowest BCUT2D eigenvalue weighted by Gasteiger charge is -2.27. The molecule has 5 nitrogen and oxygen atoms in total. The highest BCUT2D eigenvalue weighted by Crippen LogP contribution is 2.20. The molecule has 2 unspecified atom stereocenters. The van der Waals surface area contributed by atoms with Gasteiger partial charge in [0.1, 0.15) is 5.52 Å². The quantitative estimate of drug-likeness (QED) is 0.896. The third-order valence-electron chi connectivity index (χ3n) is 3.54. The normalized spacial score (nSPS) is 21.0. The lowest BCUT2D eigenvalue weighted by Crippen LogP contribution is -2.43. The van der Waals surface area contributed by atoms with Crippen LogP contribution in [0.3, 0.4) is 0 Å². The zero-order valence-corrected chi connectivity index (χ0v) is 12.0. The van der Waals surface area contributed by atoms with Crippen molar-refractivity contribution < 1.29 is 9.15 Å². The summed E-state index contributed by atoms with van der Waals surface area (Å²) in [6.07, 6.45) is 1.04. The van der Waals surface area contributed by atoms with Crippen LogP contribution in [0.1, 0.15) is 19.2 Å². The number of anilines is 1. The minimum Gasteiger partial charge on any atom is -0.441 e. The number of aromatic nitrogens is 1. The van der Waals surface area contributed by atoms with Gasteiger partial charge in [-0.25, -0.2) is 4.98 Å². The van der Waals surface area contributed by atoms with Crippen molar-refractivity contribution in [3.8, 4) is 0 Å². The molecule has 108 valence electrons. The first-order valence-corrected chi connectivity index (χ1v) is 7.15. The summed E-state index contributed by atoms with van der Waals surface area (Å²) >= 11 is 0. The molecule has 1 aliphatic heterocycles. The molecule has 0 saturated carbocycles. The van der Waals surface area contributed by atoms with Crippen molar-refractivity contribution in [1.29, 1.82) is 0 Å². The second-order valence-electron chi connectivity index (χ2n) is 5.42. The number of ether oxygens (including phenoxy) is 1. The average molecular weight is 275 g/mol. The molecule has 0 amide bonds. The number of hydrogen-bond donors (Lipinski definition) is 2. The molecule has 3 rings (SSSR count). The van der Waals surface area contributed by atoms with Gasteiger partial charge in [0.25, 0.3) is 0 Å². The van der Waals surface area contributed by atoms with Crippen LogP contribution in [0.25, 0.3) is 11.1 Å². The minimum absolute atomic E-state index is 0.375. The van der Waals surface area contributed by atoms with Gasteiger partial charge in [0, 0.05) is 31.2 Å². The van der Waals surface area contributed by atoms with Crippen LogP contribution in [0.2, 0.25) is 0 Å². The second kappa shape index (κ2) is 5.81. The van der Waals surface area contributed by atoms with Crippen LogP contribution in [-0.2, 0) is 4.74 Å². The summed E-state index contributed by atoms with van der Waals surface area (Å²) in [4.78, 5) is 4.36. The van der Waals surface area contributed by atoms with Gasteiger partial charge in [0.2, 0.25) is 0 Å². The maximum absolute atomic E-state index is 5.48. The van der Waals surface area contributed by atoms with E-state index in [1.165, 1.54) is 0 Å². The van der Waals surface area contributed by atoms with E-state index in [4.69, 9.17) is 9.15 Å². The number of rotatable bonds is 4. The van der Waals surface area contributed by atoms with Crippen LogP contribution >= 0.6 is 0 Å². The molecular weight excluding hydrogens is 254 g/mol. The molecule has 0 bridgehead atoms. The number of hydrogen-bond acceptors (Lipinski definition) is 5. The van der Waals surface area contributed by atoms with Crippen LogP contribution in [0, 0.1) is 6.92 Å². The van der Waals surface area contributed by atoms with Gasteiger partial charge in [-0.2, -0.15) is 0 Å². The molecule has 0 radical (unpaired) electrons. The first-order valence-electron chi connectivity index (χ1n) is 7.15. The summed E-state index contributed by atoms with van der Waals surface area (Å²) in [6.45, 7) is 6.62. The van der Waals surface area contributed by atoms with E-state index in [2.05, 4.69) is 22.5 Å². The van der Waals surface area contributed by atoms with E-state index < -0.39 is 0 Å². The van der Waals surface area contributed by atoms with Crippen LogP contribution in [-0.4, -0.2) is 36.8 Å². The first-order chi connectivity index (χ1) is 9.70. The number of oxazole rings is 1. The highest BCUT2D eigenvalue weighted by atomic mass is 16.5. The third-order valence-corrected chi connectivity index (χ3v) is 3.54. The fraction of sp³-hybridized carbons (Fsp3) is 0.533. The molecule has 1 aromatic heterocycles. The fourth-order valence-corrected chi connectivity index (χ4v) is 2.67. The van der Waals surface area contributed by atoms with Crippen molar-refractivity contribution in [1.82, 2.24) is 10.3 Å². The van der Waals surface area contributed by atoms with Gasteiger partial charge in [0.15, 0.2) is 11.5 Å². The first kappa shape index (κ1) is 13.4. The lowest BCUT2D eigenvalue weighted by atomic mass is 10.1. The van der Waals surface area contributed by atoms with E-state index >= 15 is 0 Å². The topological polar surface area (TPSA) is 59.3 Å². The average Bonchev–Trinajstić information content (AvgIpc) is 2.79. The lowest BCUT2D eigenvalue weighted by molar-refractivity contribution is 0.0731. The Kier molecular flexibility index (Phi) is 3.89. The standard InChI is InChI=1S/C15H21N3O2/c1-10(7-13-9-19-6-5-16-13)17-12-3-4-15-14(8-12)18-11(2)20-15/h3-4,8,10,13,16-17H,5-7,9H2,1-2H3. The summed E-state index contributed by atoms with van der Waals surface area (Å²) in [6, 6.07) is 6.84. The summed E-state index contributed by atoms with van der Waals surface area (Å²) in [5.41, 5.74) is 2.82. The monoisotopic (exact) mass is 275 g/mol. The van der Waals surface area contributed by atoms with E-state index in [0.717, 1.165) is 43.0 Å². The van der Waals surface area contributed by atoms with E-state index in [1.807, 2.05) is 25.1 Å². The van der Waals surface area contributed by atoms with E-state index in [1.54, 1.807) is 0 Å². The van der Waals surface area contributed by atoms with Gasteiger partial charge in [-0.05, 0) is 31.5 Å². The molecule has 1 fully saturated rings. The smallest absolute Gasteiger partial charge is 0.192 e. The van der Waals surface area contributed by atoms with Crippen LogP contribution in [0.5, 0.6) is 0 Å². The Morgan fingerprint density at radius 2 is 2.40 bits per heavy atom. The summed E-state index contributed by atoms with van der Waals surface area (Å²) < 4.78 is 11.0. The van der Waals surface area contributed by atoms with Gasteiger partial charge < -0.3 is 19.8 Å². The van der Waals surface area contributed by atoms with Gasteiger partial charge in [-0.3, -0.25) is 0 Å². The van der Waals surface area contributed by atoms with Crippen molar-refractivity contribution >= 4 is 16.8 Å². The number of nitrogens with one attached hydrogen (secondary N) is 2. The summed E-state index contributed by atoms with van der Waals surface area (Å²) in [5.74, 6) is 0.703. The Morgan fingerprint density at radius 3 is 3.20 bits per heavy atom. The molecule has 20 heavy (non-hydrogen) atoms. The Morgan fingerprint density at radius 1 is 1.50 bits per heavy atom. The SMILES string of the molecule is Cc1nc2cc(NC(C)CC3COCCN3)ccc2o1. The number of morpholine rings is 1. The molecule has 1 aliphatic rings. The highest BCUT2D eigenvalue weighted by molar-refractivity contribution is 5.77. The van der Waals surface area contributed by atoms with Crippen LogP contribution in [0.4, 0.5) is 5.69 Å². The summed E-state index contributed by atoms with van der Waals surface area (Å²) in [5, 5.41) is 6.99. The van der Waals surface area contributed by atoms with Crippen molar-refractivity contribution in [2.75, 3.05) is 25.1 Å². The predicted octanol–water partition coefficient (Wildman–Crippen LogP) is 2.32. The maximum Gasteiger partial charge on any atom is 0.192 e. The molecule has 1 saturated heterocycles. The predicted molar refractivity (Wildman–Crippen MR) is 79.1 cm³/mol. The Balaban J connectivity index is 1.62. The van der Waals surface area contributed by atoms with Crippen molar-refractivity contribution in [2.24, 2.45) is 0 Å². The highest BCUT2D eigenvalue weighted by Gasteiger charge is 2.16. The fourth-order valence-electron chi connectivity index (χ4n) is 2.67. The van der Waals surface area contributed by atoms with Crippen molar-refractivity contribution in [2.45, 2.75) is 32.4 Å². The molecule has 2 heterocycles. The van der Waals surface area contributed by atoms with E-state index in [-0.39, 0.29) is 0 Å². The minimum atomic E-state index is 0.375. The van der Waals surface area contributed by atoms with Crippen molar-refractivity contribution in [3.63, 3.8) is 0 Å². The zero-order valence-electron chi connectivity index (χ0n) is 12.0. The van der Waals surface area contributed by atoms with Gasteiger partial charge in [-0.15, -0.1) is 0 Å². The number of benzene rings is 1. The molecule has 0 aliphatic carbocycles. The van der Waals surface area contributed by atoms with Crippen molar-refractivity contribution in [3.05, 3.63) is 24.1 Å². The Bertz CT molecular complexity index is 576. The molecule has 1 aromatic carbocycles. The maximum atomic E-state index is 5.48. The summed E-state index contributed by atoms with van der Waals surface area (Å²) in [7, 11) is 0. The zero-order chi connectivity index (χ0) is 13.9. The van der Waals surface area contributed by atoms with Gasteiger partial charge in [-0.1, -0.05) is 0 Å². The molecular formula is C15H21N3O2. The number of aryl methyl sites for hydroxylation is 1. The molecule has 2 atom stereocenters. The van der Waals surface area contributed by atoms with Gasteiger partial charge >= 0.3 is 0 Å². The number of fused-ring (bicyclic) bond motifs is 1. The Hall–Kier alpha value is -1.59. The molecule has 0 spiro atoms. The largest absolute Gasteiger partial charge is 0.441 e. The van der Waals surface area contributed by atoms with E-state index in [0.29, 0.717) is 18.0 Å². The van der Waals surface area contributed by atoms with E-state index in [9.17, 15) is 0 Å². The van der Waals surface area contributed by atoms with Crippen LogP contribution < -0.4 is 10.6 Å². The Labute approximate surface area is 118 Å². The third kappa shape index (κ3) is 3.11. The molecule has 2 aromatic rings. The molecule has 2 N–H and O–H groups in total. The second-order valence-corrected chi connectivity index (χ2v) is 5.42. The van der Waals surface area contributed by atoms with Gasteiger partial charge in [0.05, 0.1) is 13.2 Å².